The van der Waals surface area contributed by atoms with Crippen molar-refractivity contribution in [3.8, 4) is 28.6 Å². The van der Waals surface area contributed by atoms with Crippen LogP contribution in [0.4, 0.5) is 17.3 Å². The Balaban J connectivity index is 1.57. The van der Waals surface area contributed by atoms with Gasteiger partial charge in [-0.05, 0) is 26.0 Å². The first-order valence-electron chi connectivity index (χ1n) is 12.1. The fraction of sp³-hybridized carbons (Fsp3) is 0.385. The summed E-state index contributed by atoms with van der Waals surface area (Å²) in [6.45, 7) is 7.25. The van der Waals surface area contributed by atoms with Crippen molar-refractivity contribution >= 4 is 28.5 Å². The van der Waals surface area contributed by atoms with E-state index in [1.54, 1.807) is 27.7 Å². The molecule has 0 spiro atoms. The average molecular weight is 506 g/mol. The summed E-state index contributed by atoms with van der Waals surface area (Å²) in [5.74, 6) is 3.60. The number of aromatic nitrogens is 5. The number of nitrogens with zero attached hydrogens (tertiary/aromatic N) is 6. The van der Waals surface area contributed by atoms with E-state index in [-0.39, 0.29) is 6.04 Å². The number of pyridine rings is 1. The Hall–Kier alpha value is -4.12. The van der Waals surface area contributed by atoms with Gasteiger partial charge in [-0.3, -0.25) is 0 Å². The Morgan fingerprint density at radius 3 is 2.27 bits per heavy atom. The summed E-state index contributed by atoms with van der Waals surface area (Å²) < 4.78 is 24.0. The van der Waals surface area contributed by atoms with E-state index in [1.165, 1.54) is 0 Å². The average Bonchev–Trinajstić information content (AvgIpc) is 3.38. The predicted molar refractivity (Wildman–Crippen MR) is 141 cm³/mol. The van der Waals surface area contributed by atoms with Gasteiger partial charge in [-0.25, -0.2) is 19.9 Å². The quantitative estimate of drug-likeness (QED) is 0.376. The maximum atomic E-state index is 5.52. The van der Waals surface area contributed by atoms with Crippen LogP contribution in [-0.2, 0) is 4.74 Å². The smallest absolute Gasteiger partial charge is 0.203 e. The van der Waals surface area contributed by atoms with Crippen molar-refractivity contribution in [2.75, 3.05) is 57.8 Å². The molecule has 5 rings (SSSR count). The van der Waals surface area contributed by atoms with Crippen LogP contribution < -0.4 is 24.4 Å². The second kappa shape index (κ2) is 10.5. The molecule has 0 amide bonds. The minimum atomic E-state index is 0.170. The molecule has 1 fully saturated rings. The summed E-state index contributed by atoms with van der Waals surface area (Å²) in [5, 5.41) is 3.39. The maximum absolute atomic E-state index is 5.52. The normalized spacial score (nSPS) is 13.7. The number of rotatable bonds is 8. The Kier molecular flexibility index (Phi) is 6.95. The van der Waals surface area contributed by atoms with E-state index < -0.39 is 0 Å². The van der Waals surface area contributed by atoms with Gasteiger partial charge in [0, 0.05) is 48.7 Å². The predicted octanol–water partition coefficient (Wildman–Crippen LogP) is 4.08. The molecule has 1 N–H and O–H groups in total. The molecule has 11 nitrogen and oxygen atoms in total. The third kappa shape index (κ3) is 4.82. The van der Waals surface area contributed by atoms with Gasteiger partial charge in [0.05, 0.1) is 40.9 Å². The highest BCUT2D eigenvalue weighted by molar-refractivity contribution is 5.88. The topological polar surface area (TPSA) is 109 Å². The fourth-order valence-corrected chi connectivity index (χ4v) is 4.30. The number of ether oxygens (including phenoxy) is 4. The number of imidazole rings is 1. The number of fused-ring (bicyclic) bond motifs is 1. The van der Waals surface area contributed by atoms with E-state index in [2.05, 4.69) is 34.0 Å². The van der Waals surface area contributed by atoms with Crippen LogP contribution in [0.5, 0.6) is 17.2 Å². The van der Waals surface area contributed by atoms with Crippen molar-refractivity contribution in [1.29, 1.82) is 0 Å². The third-order valence-corrected chi connectivity index (χ3v) is 6.25. The summed E-state index contributed by atoms with van der Waals surface area (Å²) in [4.78, 5) is 21.2. The van der Waals surface area contributed by atoms with Crippen LogP contribution in [0.15, 0.2) is 36.8 Å². The zero-order chi connectivity index (χ0) is 25.9. The molecule has 194 valence electrons. The van der Waals surface area contributed by atoms with E-state index in [0.717, 1.165) is 30.1 Å². The van der Waals surface area contributed by atoms with Crippen molar-refractivity contribution in [3.63, 3.8) is 0 Å². The Labute approximate surface area is 215 Å². The molecule has 11 heteroatoms. The number of anilines is 3. The third-order valence-electron chi connectivity index (χ3n) is 6.25. The fourth-order valence-electron chi connectivity index (χ4n) is 4.30. The van der Waals surface area contributed by atoms with E-state index in [0.29, 0.717) is 53.3 Å². The zero-order valence-corrected chi connectivity index (χ0v) is 21.7. The van der Waals surface area contributed by atoms with Crippen LogP contribution >= 0.6 is 0 Å². The molecule has 1 aliphatic rings. The van der Waals surface area contributed by atoms with Crippen molar-refractivity contribution in [3.05, 3.63) is 36.8 Å². The molecule has 0 radical (unpaired) electrons. The first kappa shape index (κ1) is 24.6. The van der Waals surface area contributed by atoms with E-state index >= 15 is 0 Å². The highest BCUT2D eigenvalue weighted by atomic mass is 16.5. The molecule has 4 aromatic rings. The zero-order valence-electron chi connectivity index (χ0n) is 21.7. The van der Waals surface area contributed by atoms with Gasteiger partial charge >= 0.3 is 0 Å². The van der Waals surface area contributed by atoms with E-state index in [9.17, 15) is 0 Å². The Morgan fingerprint density at radius 2 is 1.68 bits per heavy atom. The number of hydrogen-bond donors (Lipinski definition) is 1. The number of morpholine rings is 1. The van der Waals surface area contributed by atoms with Gasteiger partial charge in [-0.15, -0.1) is 0 Å². The lowest BCUT2D eigenvalue weighted by molar-refractivity contribution is 0.122. The van der Waals surface area contributed by atoms with Crippen LogP contribution in [-0.4, -0.2) is 72.1 Å². The van der Waals surface area contributed by atoms with Crippen molar-refractivity contribution in [1.82, 2.24) is 24.5 Å². The standard InChI is InChI=1S/C26H31N7O4/c1-16(2)33-15-28-22-25(29-18-12-19(34-3)23(36-5)20(13-18)35-4)30-24(31-26(22)33)17-6-7-21(27-14-17)32-8-10-37-11-9-32/h6-7,12-16H,8-11H2,1-5H3,(H,29,30,31). The van der Waals surface area contributed by atoms with Crippen LogP contribution in [0.25, 0.3) is 22.6 Å². The Bertz CT molecular complexity index is 1360. The highest BCUT2D eigenvalue weighted by Crippen LogP contribution is 2.41. The van der Waals surface area contributed by atoms with Crippen LogP contribution in [0.3, 0.4) is 0 Å². The highest BCUT2D eigenvalue weighted by Gasteiger charge is 2.19. The monoisotopic (exact) mass is 505 g/mol. The van der Waals surface area contributed by atoms with Gasteiger partial charge in [-0.1, -0.05) is 0 Å². The van der Waals surface area contributed by atoms with Gasteiger partial charge in [0.2, 0.25) is 5.75 Å². The molecule has 1 aromatic carbocycles. The lowest BCUT2D eigenvalue weighted by atomic mass is 10.2. The first-order valence-corrected chi connectivity index (χ1v) is 12.1. The minimum Gasteiger partial charge on any atom is -0.493 e. The summed E-state index contributed by atoms with van der Waals surface area (Å²) >= 11 is 0. The molecule has 37 heavy (non-hydrogen) atoms. The molecule has 0 bridgehead atoms. The number of methoxy groups -OCH3 is 3. The SMILES string of the molecule is COc1cc(Nc2nc(-c3ccc(N4CCOCC4)nc3)nc3c2ncn3C(C)C)cc(OC)c1OC. The molecule has 0 aliphatic carbocycles. The molecule has 0 unspecified atom stereocenters. The minimum absolute atomic E-state index is 0.170. The number of hydrogen-bond acceptors (Lipinski definition) is 10. The molecule has 1 aliphatic heterocycles. The summed E-state index contributed by atoms with van der Waals surface area (Å²) in [7, 11) is 4.74. The number of benzene rings is 1. The van der Waals surface area contributed by atoms with E-state index in [1.807, 2.05) is 35.0 Å². The van der Waals surface area contributed by atoms with Crippen LogP contribution in [0, 0.1) is 0 Å². The summed E-state index contributed by atoms with van der Waals surface area (Å²) in [6, 6.07) is 7.82. The van der Waals surface area contributed by atoms with Gasteiger partial charge in [0.25, 0.3) is 0 Å². The van der Waals surface area contributed by atoms with Crippen LogP contribution in [0.1, 0.15) is 19.9 Å². The lowest BCUT2D eigenvalue weighted by Gasteiger charge is -2.27. The van der Waals surface area contributed by atoms with Crippen molar-refractivity contribution in [2.24, 2.45) is 0 Å². The van der Waals surface area contributed by atoms with Crippen molar-refractivity contribution in [2.45, 2.75) is 19.9 Å². The van der Waals surface area contributed by atoms with Gasteiger partial charge < -0.3 is 33.7 Å². The number of nitrogens with one attached hydrogen (secondary N) is 1. The molecule has 3 aromatic heterocycles. The molecule has 4 heterocycles. The van der Waals surface area contributed by atoms with E-state index in [4.69, 9.17) is 28.9 Å². The van der Waals surface area contributed by atoms with Gasteiger partial charge in [0.1, 0.15) is 5.82 Å². The summed E-state index contributed by atoms with van der Waals surface area (Å²) in [6.07, 6.45) is 3.60. The second-order valence-electron chi connectivity index (χ2n) is 8.86. The maximum Gasteiger partial charge on any atom is 0.203 e. The first-order chi connectivity index (χ1) is 18.0. The molecular weight excluding hydrogens is 474 g/mol. The van der Waals surface area contributed by atoms with Gasteiger partial charge in [-0.2, -0.15) is 0 Å². The summed E-state index contributed by atoms with van der Waals surface area (Å²) in [5.41, 5.74) is 2.90. The molecule has 0 atom stereocenters. The van der Waals surface area contributed by atoms with Gasteiger partial charge in [0.15, 0.2) is 34.3 Å². The largest absolute Gasteiger partial charge is 0.493 e. The van der Waals surface area contributed by atoms with Crippen molar-refractivity contribution < 1.29 is 18.9 Å². The second-order valence-corrected chi connectivity index (χ2v) is 8.86. The molecular formula is C26H31N7O4. The molecule has 0 saturated carbocycles. The molecule has 1 saturated heterocycles. The Morgan fingerprint density at radius 1 is 0.946 bits per heavy atom. The lowest BCUT2D eigenvalue weighted by Crippen LogP contribution is -2.36. The van der Waals surface area contributed by atoms with Crippen LogP contribution in [0.2, 0.25) is 0 Å².